The molecule has 24 heavy (non-hydrogen) atoms. The molecule has 1 aromatic carbocycles. The van der Waals surface area contributed by atoms with Gasteiger partial charge in [0.05, 0.1) is 5.57 Å². The second kappa shape index (κ2) is 5.06. The summed E-state index contributed by atoms with van der Waals surface area (Å²) in [5.74, 6) is -2.64. The van der Waals surface area contributed by atoms with E-state index >= 15 is 0 Å². The van der Waals surface area contributed by atoms with Gasteiger partial charge in [0.2, 0.25) is 11.4 Å². The lowest BCUT2D eigenvalue weighted by atomic mass is 9.82. The van der Waals surface area contributed by atoms with Crippen LogP contribution < -0.4 is 0 Å². The summed E-state index contributed by atoms with van der Waals surface area (Å²) in [4.78, 5) is 60.7. The van der Waals surface area contributed by atoms with E-state index in [2.05, 4.69) is 0 Å². The van der Waals surface area contributed by atoms with E-state index in [9.17, 15) is 24.0 Å². The highest BCUT2D eigenvalue weighted by atomic mass is 16.5. The van der Waals surface area contributed by atoms with Crippen LogP contribution in [0.3, 0.4) is 0 Å². The van der Waals surface area contributed by atoms with Gasteiger partial charge in [0, 0.05) is 23.1 Å². The molecule has 1 aliphatic carbocycles. The Kier molecular flexibility index (Phi) is 3.37. The quantitative estimate of drug-likeness (QED) is 0.621. The van der Waals surface area contributed by atoms with Gasteiger partial charge in [0.1, 0.15) is 0 Å². The van der Waals surface area contributed by atoms with E-state index in [-0.39, 0.29) is 34.7 Å². The minimum absolute atomic E-state index is 0.0126. The first-order valence-corrected chi connectivity index (χ1v) is 7.37. The summed E-state index contributed by atoms with van der Waals surface area (Å²) >= 11 is 0. The van der Waals surface area contributed by atoms with Crippen LogP contribution >= 0.6 is 0 Å². The van der Waals surface area contributed by atoms with Gasteiger partial charge in [-0.25, -0.2) is 0 Å². The zero-order valence-electron chi connectivity index (χ0n) is 13.4. The third-order valence-corrected chi connectivity index (χ3v) is 4.51. The number of benzene rings is 1. The van der Waals surface area contributed by atoms with Gasteiger partial charge in [-0.05, 0) is 32.9 Å². The number of hydrogen-bond acceptors (Lipinski definition) is 6. The predicted molar refractivity (Wildman–Crippen MR) is 81.9 cm³/mol. The van der Waals surface area contributed by atoms with Crippen LogP contribution in [0.2, 0.25) is 0 Å². The Labute approximate surface area is 137 Å². The number of allylic oxidation sites excluding steroid dienone is 1. The van der Waals surface area contributed by atoms with E-state index < -0.39 is 28.7 Å². The fourth-order valence-electron chi connectivity index (χ4n) is 3.04. The van der Waals surface area contributed by atoms with Crippen molar-refractivity contribution in [2.75, 3.05) is 0 Å². The van der Waals surface area contributed by atoms with Crippen molar-refractivity contribution in [3.05, 3.63) is 46.2 Å². The summed E-state index contributed by atoms with van der Waals surface area (Å²) in [6.45, 7) is 3.74. The summed E-state index contributed by atoms with van der Waals surface area (Å²) in [5.41, 5.74) is -1.30. The molecule has 0 atom stereocenters. The SMILES string of the molecule is CC(=O)c1ccc2c(c1)C(=O)C1=C(OC(C(C)=O)(C(C)=O)C1)C2=O. The first-order chi connectivity index (χ1) is 11.2. The molecule has 0 bridgehead atoms. The van der Waals surface area contributed by atoms with Crippen molar-refractivity contribution in [2.45, 2.75) is 32.8 Å². The van der Waals surface area contributed by atoms with E-state index in [1.807, 2.05) is 0 Å². The standard InChI is InChI=1S/C18H14O6/c1-8(19)11-4-5-12-13(6-11)15(22)14-7-18(9(2)20,10(3)21)24-17(14)16(12)23/h4-6H,7H2,1-3H3. The van der Waals surface area contributed by atoms with Crippen molar-refractivity contribution in [1.29, 1.82) is 0 Å². The van der Waals surface area contributed by atoms with Crippen LogP contribution in [0.25, 0.3) is 0 Å². The zero-order valence-corrected chi connectivity index (χ0v) is 13.4. The van der Waals surface area contributed by atoms with Crippen LogP contribution in [0, 0.1) is 0 Å². The maximum absolute atomic E-state index is 12.7. The molecule has 122 valence electrons. The Morgan fingerprint density at radius 2 is 1.58 bits per heavy atom. The predicted octanol–water partition coefficient (Wildman–Crippen LogP) is 1.86. The third-order valence-electron chi connectivity index (χ3n) is 4.51. The zero-order chi connectivity index (χ0) is 17.8. The van der Waals surface area contributed by atoms with Crippen LogP contribution in [-0.4, -0.2) is 34.5 Å². The highest BCUT2D eigenvalue weighted by Crippen LogP contribution is 2.42. The summed E-state index contributed by atoms with van der Waals surface area (Å²) in [5, 5.41) is 0. The fourth-order valence-corrected chi connectivity index (χ4v) is 3.04. The van der Waals surface area contributed by atoms with E-state index in [1.54, 1.807) is 0 Å². The van der Waals surface area contributed by atoms with Gasteiger partial charge < -0.3 is 4.74 Å². The molecule has 0 saturated heterocycles. The number of carbonyl (C=O) groups is 5. The molecular weight excluding hydrogens is 312 g/mol. The number of Topliss-reactive ketones (excluding diaryl/α,β-unsaturated/α-hetero) is 5. The first kappa shape index (κ1) is 16.0. The maximum atomic E-state index is 12.7. The highest BCUT2D eigenvalue weighted by Gasteiger charge is 2.54. The number of fused-ring (bicyclic) bond motifs is 1. The largest absolute Gasteiger partial charge is 0.467 e. The fraction of sp³-hybridized carbons (Fsp3) is 0.278. The molecule has 0 spiro atoms. The normalized spacial score (nSPS) is 18.0. The summed E-state index contributed by atoms with van der Waals surface area (Å²) < 4.78 is 5.44. The molecule has 0 saturated carbocycles. The molecule has 0 N–H and O–H groups in total. The lowest BCUT2D eigenvalue weighted by Gasteiger charge is -2.23. The summed E-state index contributed by atoms with van der Waals surface area (Å²) in [7, 11) is 0. The van der Waals surface area contributed by atoms with Gasteiger partial charge >= 0.3 is 0 Å². The smallest absolute Gasteiger partial charge is 0.228 e. The molecule has 1 aromatic rings. The molecule has 0 aromatic heterocycles. The van der Waals surface area contributed by atoms with E-state index in [1.165, 1.54) is 39.0 Å². The molecule has 1 heterocycles. The highest BCUT2D eigenvalue weighted by molar-refractivity contribution is 6.28. The van der Waals surface area contributed by atoms with E-state index in [0.29, 0.717) is 5.56 Å². The molecule has 6 heteroatoms. The van der Waals surface area contributed by atoms with Crippen molar-refractivity contribution < 1.29 is 28.7 Å². The van der Waals surface area contributed by atoms with Crippen molar-refractivity contribution in [3.8, 4) is 0 Å². The number of ether oxygens (including phenoxy) is 1. The molecule has 0 unspecified atom stereocenters. The molecule has 0 radical (unpaired) electrons. The minimum Gasteiger partial charge on any atom is -0.467 e. The third kappa shape index (κ3) is 1.99. The molecule has 0 fully saturated rings. The molecule has 3 rings (SSSR count). The number of carbonyl (C=O) groups excluding carboxylic acids is 5. The average molecular weight is 326 g/mol. The molecule has 1 aliphatic heterocycles. The van der Waals surface area contributed by atoms with Crippen molar-refractivity contribution >= 4 is 28.9 Å². The van der Waals surface area contributed by atoms with Crippen molar-refractivity contribution in [1.82, 2.24) is 0 Å². The van der Waals surface area contributed by atoms with Crippen LogP contribution in [0.1, 0.15) is 58.3 Å². The Balaban J connectivity index is 2.13. The molecule has 2 aliphatic rings. The van der Waals surface area contributed by atoms with Crippen molar-refractivity contribution in [3.63, 3.8) is 0 Å². The van der Waals surface area contributed by atoms with Crippen molar-refractivity contribution in [2.24, 2.45) is 0 Å². The topological polar surface area (TPSA) is 94.6 Å². The van der Waals surface area contributed by atoms with Gasteiger partial charge in [-0.1, -0.05) is 6.07 Å². The Hall–Kier alpha value is -2.89. The molecule has 0 amide bonds. The van der Waals surface area contributed by atoms with Gasteiger partial charge in [0.15, 0.2) is 28.9 Å². The van der Waals surface area contributed by atoms with Crippen LogP contribution in [0.4, 0.5) is 0 Å². The van der Waals surface area contributed by atoms with Gasteiger partial charge in [0.25, 0.3) is 0 Å². The van der Waals surface area contributed by atoms with Crippen LogP contribution in [-0.2, 0) is 14.3 Å². The second-order valence-electron chi connectivity index (χ2n) is 6.00. The lowest BCUT2D eigenvalue weighted by Crippen LogP contribution is -2.44. The Morgan fingerprint density at radius 1 is 0.958 bits per heavy atom. The Bertz CT molecular complexity index is 873. The van der Waals surface area contributed by atoms with Gasteiger partial charge in [-0.15, -0.1) is 0 Å². The molecule has 6 nitrogen and oxygen atoms in total. The monoisotopic (exact) mass is 326 g/mol. The second-order valence-corrected chi connectivity index (χ2v) is 6.00. The van der Waals surface area contributed by atoms with E-state index in [0.717, 1.165) is 0 Å². The lowest BCUT2D eigenvalue weighted by molar-refractivity contribution is -0.147. The Morgan fingerprint density at radius 3 is 2.12 bits per heavy atom. The number of hydrogen-bond donors (Lipinski definition) is 0. The van der Waals surface area contributed by atoms with Crippen LogP contribution in [0.15, 0.2) is 29.5 Å². The number of ketones is 5. The average Bonchev–Trinajstić information content (AvgIpc) is 2.94. The van der Waals surface area contributed by atoms with E-state index in [4.69, 9.17) is 4.74 Å². The minimum atomic E-state index is -1.82. The number of rotatable bonds is 3. The first-order valence-electron chi connectivity index (χ1n) is 7.37. The van der Waals surface area contributed by atoms with Crippen LogP contribution in [0.5, 0.6) is 0 Å². The molecular formula is C18H14O6. The van der Waals surface area contributed by atoms with Gasteiger partial charge in [-0.2, -0.15) is 0 Å². The van der Waals surface area contributed by atoms with Gasteiger partial charge in [-0.3, -0.25) is 24.0 Å². The summed E-state index contributed by atoms with van der Waals surface area (Å²) in [6.07, 6.45) is -0.263. The summed E-state index contributed by atoms with van der Waals surface area (Å²) in [6, 6.07) is 4.21. The maximum Gasteiger partial charge on any atom is 0.228 e.